The Balaban J connectivity index is 2.05. The van der Waals surface area contributed by atoms with Gasteiger partial charge in [0.1, 0.15) is 12.2 Å². The van der Waals surface area contributed by atoms with E-state index >= 15 is 0 Å². The number of rotatable bonds is 2. The van der Waals surface area contributed by atoms with Crippen molar-refractivity contribution in [3.63, 3.8) is 0 Å². The number of esters is 2. The van der Waals surface area contributed by atoms with Crippen molar-refractivity contribution < 1.29 is 28.9 Å². The summed E-state index contributed by atoms with van der Waals surface area (Å²) < 4.78 is 15.0. The Bertz CT molecular complexity index is 312. The van der Waals surface area contributed by atoms with E-state index < -0.39 is 42.3 Å². The Labute approximate surface area is 92.5 Å². The van der Waals surface area contributed by atoms with Gasteiger partial charge in [0.15, 0.2) is 6.10 Å². The van der Waals surface area contributed by atoms with E-state index in [1.54, 1.807) is 0 Å². The van der Waals surface area contributed by atoms with Crippen molar-refractivity contribution in [2.75, 3.05) is 7.11 Å². The predicted octanol–water partition coefficient (Wildman–Crippen LogP) is -0.761. The fourth-order valence-electron chi connectivity index (χ4n) is 2.39. The summed E-state index contributed by atoms with van der Waals surface area (Å²) in [6.07, 6.45) is -2.23. The molecule has 2 heterocycles. The van der Waals surface area contributed by atoms with E-state index in [0.717, 1.165) is 0 Å². The largest absolute Gasteiger partial charge is 0.469 e. The van der Waals surface area contributed by atoms with Crippen molar-refractivity contribution in [3.05, 3.63) is 0 Å². The second-order valence-electron chi connectivity index (χ2n) is 4.07. The molecule has 2 aliphatic heterocycles. The van der Waals surface area contributed by atoms with Gasteiger partial charge in [-0.1, -0.05) is 0 Å². The average molecular weight is 230 g/mol. The standard InChI is InChI=1S/C10H14O6/c1-4(11)15-9-6-3-5(10(13)14-2)8(16-6)7(9)12/h5-9,12H,3H2,1-2H3/t5?,6?,7-,8+,9?/m1/s1. The van der Waals surface area contributed by atoms with Gasteiger partial charge >= 0.3 is 11.9 Å². The fraction of sp³-hybridized carbons (Fsp3) is 0.800. The first-order valence-electron chi connectivity index (χ1n) is 5.13. The van der Waals surface area contributed by atoms with Gasteiger partial charge in [-0.05, 0) is 6.42 Å². The van der Waals surface area contributed by atoms with Crippen molar-refractivity contribution in [3.8, 4) is 0 Å². The van der Waals surface area contributed by atoms with E-state index in [1.165, 1.54) is 14.0 Å². The molecule has 0 radical (unpaired) electrons. The lowest BCUT2D eigenvalue weighted by Gasteiger charge is -2.27. The smallest absolute Gasteiger partial charge is 0.311 e. The molecule has 2 fully saturated rings. The molecular weight excluding hydrogens is 216 g/mol. The minimum absolute atomic E-state index is 0.396. The van der Waals surface area contributed by atoms with Crippen LogP contribution in [-0.2, 0) is 23.8 Å². The zero-order chi connectivity index (χ0) is 11.9. The minimum Gasteiger partial charge on any atom is -0.469 e. The monoisotopic (exact) mass is 230 g/mol. The van der Waals surface area contributed by atoms with Crippen LogP contribution in [0.2, 0.25) is 0 Å². The van der Waals surface area contributed by atoms with E-state index in [1.807, 2.05) is 0 Å². The summed E-state index contributed by atoms with van der Waals surface area (Å²) in [5.41, 5.74) is 0. The first kappa shape index (κ1) is 11.3. The number of hydrogen-bond donors (Lipinski definition) is 1. The van der Waals surface area contributed by atoms with Gasteiger partial charge in [-0.15, -0.1) is 0 Å². The minimum atomic E-state index is -0.952. The summed E-state index contributed by atoms with van der Waals surface area (Å²) >= 11 is 0. The lowest BCUT2D eigenvalue weighted by molar-refractivity contribution is -0.157. The summed E-state index contributed by atoms with van der Waals surface area (Å²) in [5, 5.41) is 9.83. The van der Waals surface area contributed by atoms with Crippen LogP contribution in [0, 0.1) is 5.92 Å². The van der Waals surface area contributed by atoms with Crippen LogP contribution >= 0.6 is 0 Å². The molecular formula is C10H14O6. The molecule has 1 N–H and O–H groups in total. The Hall–Kier alpha value is -1.14. The lowest BCUT2D eigenvalue weighted by atomic mass is 9.85. The van der Waals surface area contributed by atoms with Gasteiger partial charge in [-0.2, -0.15) is 0 Å². The zero-order valence-electron chi connectivity index (χ0n) is 9.08. The van der Waals surface area contributed by atoms with Crippen molar-refractivity contribution >= 4 is 11.9 Å². The first-order chi connectivity index (χ1) is 7.54. The van der Waals surface area contributed by atoms with Crippen molar-refractivity contribution in [2.45, 2.75) is 37.8 Å². The topological polar surface area (TPSA) is 82.1 Å². The normalized spacial score (nSPS) is 40.8. The summed E-state index contributed by atoms with van der Waals surface area (Å²) in [4.78, 5) is 22.2. The van der Waals surface area contributed by atoms with Crippen LogP contribution in [0.5, 0.6) is 0 Å². The summed E-state index contributed by atoms with van der Waals surface area (Å²) in [6, 6.07) is 0. The molecule has 2 aliphatic rings. The van der Waals surface area contributed by atoms with Crippen LogP contribution < -0.4 is 0 Å². The van der Waals surface area contributed by atoms with Crippen LogP contribution in [0.25, 0.3) is 0 Å². The highest BCUT2D eigenvalue weighted by Gasteiger charge is 2.58. The highest BCUT2D eigenvalue weighted by atomic mass is 16.6. The molecule has 3 unspecified atom stereocenters. The van der Waals surface area contributed by atoms with Crippen molar-refractivity contribution in [2.24, 2.45) is 5.92 Å². The number of methoxy groups -OCH3 is 1. The van der Waals surface area contributed by atoms with E-state index in [-0.39, 0.29) is 0 Å². The van der Waals surface area contributed by atoms with Crippen LogP contribution in [0.15, 0.2) is 0 Å². The molecule has 5 atom stereocenters. The quantitative estimate of drug-likeness (QED) is 0.628. The first-order valence-corrected chi connectivity index (χ1v) is 5.13. The third kappa shape index (κ3) is 1.68. The number of aliphatic hydroxyl groups is 1. The molecule has 0 aromatic rings. The van der Waals surface area contributed by atoms with Crippen molar-refractivity contribution in [1.82, 2.24) is 0 Å². The summed E-state index contributed by atoms with van der Waals surface area (Å²) in [6.45, 7) is 1.27. The van der Waals surface area contributed by atoms with Gasteiger partial charge < -0.3 is 19.3 Å². The SMILES string of the molecule is COC(=O)C1CC2O[C@@H]1[C@@H](O)C2OC(C)=O. The highest BCUT2D eigenvalue weighted by molar-refractivity contribution is 5.74. The van der Waals surface area contributed by atoms with Gasteiger partial charge in [0.25, 0.3) is 0 Å². The van der Waals surface area contributed by atoms with Crippen LogP contribution in [0.1, 0.15) is 13.3 Å². The fourth-order valence-corrected chi connectivity index (χ4v) is 2.39. The Morgan fingerprint density at radius 1 is 1.44 bits per heavy atom. The number of carbonyl (C=O) groups excluding carboxylic acids is 2. The molecule has 0 aromatic heterocycles. The molecule has 90 valence electrons. The van der Waals surface area contributed by atoms with Gasteiger partial charge in [0.2, 0.25) is 0 Å². The summed E-state index contributed by atoms with van der Waals surface area (Å²) in [7, 11) is 1.30. The number of aliphatic hydroxyl groups excluding tert-OH is 1. The Morgan fingerprint density at radius 2 is 2.12 bits per heavy atom. The average Bonchev–Trinajstić information content (AvgIpc) is 2.77. The maximum absolute atomic E-state index is 11.4. The molecule has 2 bridgehead atoms. The van der Waals surface area contributed by atoms with Gasteiger partial charge in [-0.25, -0.2) is 0 Å². The van der Waals surface area contributed by atoms with E-state index in [2.05, 4.69) is 4.74 Å². The molecule has 0 aliphatic carbocycles. The third-order valence-electron chi connectivity index (χ3n) is 3.06. The summed E-state index contributed by atoms with van der Waals surface area (Å²) in [5.74, 6) is -1.32. The van der Waals surface area contributed by atoms with E-state index in [4.69, 9.17) is 9.47 Å². The molecule has 2 rings (SSSR count). The lowest BCUT2D eigenvalue weighted by Crippen LogP contribution is -2.46. The second kappa shape index (κ2) is 4.03. The van der Waals surface area contributed by atoms with Gasteiger partial charge in [0.05, 0.1) is 19.1 Å². The van der Waals surface area contributed by atoms with Gasteiger partial charge in [-0.3, -0.25) is 9.59 Å². The maximum Gasteiger partial charge on any atom is 0.311 e. The van der Waals surface area contributed by atoms with Crippen LogP contribution in [0.3, 0.4) is 0 Å². The van der Waals surface area contributed by atoms with Crippen LogP contribution in [-0.4, -0.2) is 48.6 Å². The van der Waals surface area contributed by atoms with E-state index in [9.17, 15) is 14.7 Å². The Kier molecular flexibility index (Phi) is 2.86. The third-order valence-corrected chi connectivity index (χ3v) is 3.06. The number of carbonyl (C=O) groups is 2. The van der Waals surface area contributed by atoms with E-state index in [0.29, 0.717) is 6.42 Å². The van der Waals surface area contributed by atoms with Gasteiger partial charge in [0, 0.05) is 6.92 Å². The number of fused-ring (bicyclic) bond motifs is 2. The molecule has 6 nitrogen and oxygen atoms in total. The van der Waals surface area contributed by atoms with Crippen molar-refractivity contribution in [1.29, 1.82) is 0 Å². The zero-order valence-corrected chi connectivity index (χ0v) is 9.08. The number of hydrogen-bond acceptors (Lipinski definition) is 6. The Morgan fingerprint density at radius 3 is 2.62 bits per heavy atom. The molecule has 0 spiro atoms. The molecule has 2 saturated heterocycles. The molecule has 0 saturated carbocycles. The maximum atomic E-state index is 11.4. The molecule has 6 heteroatoms. The highest BCUT2D eigenvalue weighted by Crippen LogP contribution is 2.41. The molecule has 16 heavy (non-hydrogen) atoms. The molecule has 0 aromatic carbocycles. The second-order valence-corrected chi connectivity index (χ2v) is 4.07. The number of ether oxygens (including phenoxy) is 3. The van der Waals surface area contributed by atoms with Crippen LogP contribution in [0.4, 0.5) is 0 Å². The predicted molar refractivity (Wildman–Crippen MR) is 50.3 cm³/mol. The molecule has 0 amide bonds.